The Kier molecular flexibility index (Phi) is 6.95. The first-order valence-corrected chi connectivity index (χ1v) is 10.2. The number of hydrogen-bond acceptors (Lipinski definition) is 4. The van der Waals surface area contributed by atoms with Crippen LogP contribution in [0, 0.1) is 13.8 Å². The molecule has 2 aromatic rings. The molecule has 7 heteroatoms. The molecule has 1 heterocycles. The van der Waals surface area contributed by atoms with Crippen molar-refractivity contribution in [1.82, 2.24) is 4.90 Å². The Morgan fingerprint density at radius 3 is 2.47 bits per heavy atom. The van der Waals surface area contributed by atoms with Crippen LogP contribution in [0.3, 0.4) is 0 Å². The Morgan fingerprint density at radius 2 is 1.77 bits per heavy atom. The lowest BCUT2D eigenvalue weighted by molar-refractivity contribution is -0.862. The van der Waals surface area contributed by atoms with Crippen molar-refractivity contribution in [1.29, 1.82) is 0 Å². The molecule has 3 rings (SSSR count). The number of ether oxygens (including phenoxy) is 2. The third-order valence-corrected chi connectivity index (χ3v) is 5.21. The average Bonchev–Trinajstić information content (AvgIpc) is 3.16. The lowest BCUT2D eigenvalue weighted by Gasteiger charge is -2.23. The van der Waals surface area contributed by atoms with E-state index in [0.29, 0.717) is 18.8 Å². The predicted molar refractivity (Wildman–Crippen MR) is 115 cm³/mol. The number of benzene rings is 2. The fourth-order valence-electron chi connectivity index (χ4n) is 3.54. The normalized spacial score (nSPS) is 13.1. The third-order valence-electron chi connectivity index (χ3n) is 5.21. The smallest absolute Gasteiger partial charge is 0.279 e. The van der Waals surface area contributed by atoms with Crippen LogP contribution in [-0.2, 0) is 16.1 Å². The highest BCUT2D eigenvalue weighted by Crippen LogP contribution is 2.32. The summed E-state index contributed by atoms with van der Waals surface area (Å²) in [6.45, 7) is 7.68. The number of fused-ring (bicyclic) bond motifs is 1. The molecule has 7 nitrogen and oxygen atoms in total. The third kappa shape index (κ3) is 5.30. The van der Waals surface area contributed by atoms with Crippen LogP contribution in [0.1, 0.15) is 23.6 Å². The van der Waals surface area contributed by atoms with E-state index in [0.717, 1.165) is 33.0 Å². The Labute approximate surface area is 177 Å². The summed E-state index contributed by atoms with van der Waals surface area (Å²) >= 11 is 0. The maximum atomic E-state index is 12.8. The molecule has 1 atom stereocenters. The van der Waals surface area contributed by atoms with Crippen molar-refractivity contribution >= 4 is 17.5 Å². The van der Waals surface area contributed by atoms with Gasteiger partial charge in [-0.25, -0.2) is 0 Å². The Balaban J connectivity index is 1.53. The molecule has 0 aromatic heterocycles. The summed E-state index contributed by atoms with van der Waals surface area (Å²) in [5.41, 5.74) is 3.88. The number of carbonyl (C=O) groups excluding carboxylic acids is 2. The van der Waals surface area contributed by atoms with Crippen LogP contribution < -0.4 is 19.7 Å². The second kappa shape index (κ2) is 9.63. The molecule has 0 fully saturated rings. The number of anilines is 1. The zero-order chi connectivity index (χ0) is 21.7. The van der Waals surface area contributed by atoms with Crippen LogP contribution in [0.2, 0.25) is 0 Å². The number of nitrogens with one attached hydrogen (secondary N) is 2. The molecule has 160 valence electrons. The summed E-state index contributed by atoms with van der Waals surface area (Å²) in [6.07, 6.45) is 0. The van der Waals surface area contributed by atoms with Gasteiger partial charge < -0.3 is 24.6 Å². The average molecular weight is 413 g/mol. The Morgan fingerprint density at radius 1 is 1.07 bits per heavy atom. The topological polar surface area (TPSA) is 72.3 Å². The van der Waals surface area contributed by atoms with Crippen molar-refractivity contribution in [3.63, 3.8) is 0 Å². The minimum atomic E-state index is -0.100. The quantitative estimate of drug-likeness (QED) is 0.690. The first kappa shape index (κ1) is 21.6. The molecule has 2 amide bonds. The van der Waals surface area contributed by atoms with E-state index >= 15 is 0 Å². The summed E-state index contributed by atoms with van der Waals surface area (Å²) in [5, 5.41) is 2.98. The van der Waals surface area contributed by atoms with E-state index in [-0.39, 0.29) is 31.7 Å². The van der Waals surface area contributed by atoms with E-state index in [1.807, 2.05) is 64.2 Å². The molecule has 1 aliphatic heterocycles. The van der Waals surface area contributed by atoms with Crippen LogP contribution in [-0.4, -0.2) is 50.2 Å². The maximum absolute atomic E-state index is 12.8. The molecule has 2 N–H and O–H groups in total. The molecule has 0 saturated heterocycles. The van der Waals surface area contributed by atoms with E-state index in [9.17, 15) is 9.59 Å². The molecule has 0 saturated carbocycles. The molecular formula is C23H30N3O4+. The SMILES string of the molecule is CCN(Cc1ccc2c(c1)OCO2)C(=O)C[NH+](C)CC(=O)Nc1c(C)cccc1C. The number of rotatable bonds is 8. The summed E-state index contributed by atoms with van der Waals surface area (Å²) in [4.78, 5) is 27.9. The number of amides is 2. The van der Waals surface area contributed by atoms with E-state index in [1.165, 1.54) is 0 Å². The van der Waals surface area contributed by atoms with Gasteiger partial charge in [-0.05, 0) is 49.6 Å². The highest BCUT2D eigenvalue weighted by atomic mass is 16.7. The standard InChI is InChI=1S/C23H29N3O4/c1-5-26(12-18-9-10-19-20(11-18)30-15-29-19)22(28)14-25(4)13-21(27)24-23-16(2)7-6-8-17(23)3/h6-11H,5,12-15H2,1-4H3,(H,24,27)/p+1. The summed E-state index contributed by atoms with van der Waals surface area (Å²) < 4.78 is 10.7. The largest absolute Gasteiger partial charge is 0.454 e. The van der Waals surface area contributed by atoms with Gasteiger partial charge in [-0.15, -0.1) is 0 Å². The molecular weight excluding hydrogens is 382 g/mol. The monoisotopic (exact) mass is 412 g/mol. The number of para-hydroxylation sites is 1. The zero-order valence-corrected chi connectivity index (χ0v) is 18.1. The molecule has 1 unspecified atom stereocenters. The predicted octanol–water partition coefficient (Wildman–Crippen LogP) is 1.53. The number of hydrogen-bond donors (Lipinski definition) is 2. The van der Waals surface area contributed by atoms with Crippen LogP contribution in [0.25, 0.3) is 0 Å². The van der Waals surface area contributed by atoms with Gasteiger partial charge >= 0.3 is 0 Å². The van der Waals surface area contributed by atoms with Gasteiger partial charge in [0.15, 0.2) is 24.6 Å². The van der Waals surface area contributed by atoms with Crippen LogP contribution in [0.15, 0.2) is 36.4 Å². The first-order valence-electron chi connectivity index (χ1n) is 10.2. The van der Waals surface area contributed by atoms with Crippen LogP contribution in [0.4, 0.5) is 5.69 Å². The summed E-state index contributed by atoms with van der Waals surface area (Å²) in [6, 6.07) is 11.6. The van der Waals surface area contributed by atoms with Crippen molar-refractivity contribution in [2.75, 3.05) is 38.8 Å². The van der Waals surface area contributed by atoms with Crippen molar-refractivity contribution in [3.8, 4) is 11.5 Å². The van der Waals surface area contributed by atoms with Gasteiger partial charge in [0.05, 0.1) is 7.05 Å². The molecule has 0 spiro atoms. The summed E-state index contributed by atoms with van der Waals surface area (Å²) in [7, 11) is 1.86. The van der Waals surface area contributed by atoms with Gasteiger partial charge in [-0.1, -0.05) is 24.3 Å². The Hall–Kier alpha value is -3.06. The van der Waals surface area contributed by atoms with E-state index < -0.39 is 0 Å². The van der Waals surface area contributed by atoms with Crippen molar-refractivity contribution in [2.24, 2.45) is 0 Å². The number of aryl methyl sites for hydroxylation is 2. The molecule has 2 aromatic carbocycles. The van der Waals surface area contributed by atoms with Crippen molar-refractivity contribution < 1.29 is 24.0 Å². The minimum absolute atomic E-state index is 0.00698. The second-order valence-electron chi connectivity index (χ2n) is 7.72. The number of likely N-dealkylation sites (N-methyl/N-ethyl adjacent to an activating group) is 2. The van der Waals surface area contributed by atoms with Gasteiger partial charge in [0, 0.05) is 18.8 Å². The number of carbonyl (C=O) groups is 2. The molecule has 30 heavy (non-hydrogen) atoms. The molecule has 0 radical (unpaired) electrons. The molecule has 0 bridgehead atoms. The zero-order valence-electron chi connectivity index (χ0n) is 18.1. The first-order chi connectivity index (χ1) is 14.4. The lowest BCUT2D eigenvalue weighted by Crippen LogP contribution is -3.11. The highest BCUT2D eigenvalue weighted by Gasteiger charge is 2.21. The number of quaternary nitrogens is 1. The number of nitrogens with zero attached hydrogens (tertiary/aromatic N) is 1. The van der Waals surface area contributed by atoms with E-state index in [2.05, 4.69) is 5.32 Å². The van der Waals surface area contributed by atoms with E-state index in [1.54, 1.807) is 4.90 Å². The Bertz CT molecular complexity index is 908. The minimum Gasteiger partial charge on any atom is -0.454 e. The van der Waals surface area contributed by atoms with Gasteiger partial charge in [-0.2, -0.15) is 0 Å². The van der Waals surface area contributed by atoms with Gasteiger partial charge in [-0.3, -0.25) is 9.59 Å². The fourth-order valence-corrected chi connectivity index (χ4v) is 3.54. The van der Waals surface area contributed by atoms with Gasteiger partial charge in [0.2, 0.25) is 6.79 Å². The van der Waals surface area contributed by atoms with Crippen LogP contribution in [0.5, 0.6) is 11.5 Å². The van der Waals surface area contributed by atoms with Gasteiger partial charge in [0.25, 0.3) is 11.8 Å². The summed E-state index contributed by atoms with van der Waals surface area (Å²) in [5.74, 6) is 1.35. The van der Waals surface area contributed by atoms with Gasteiger partial charge in [0.1, 0.15) is 0 Å². The maximum Gasteiger partial charge on any atom is 0.279 e. The highest BCUT2D eigenvalue weighted by molar-refractivity contribution is 5.93. The molecule has 0 aliphatic carbocycles. The second-order valence-corrected chi connectivity index (χ2v) is 7.72. The lowest BCUT2D eigenvalue weighted by atomic mass is 10.1. The van der Waals surface area contributed by atoms with Crippen molar-refractivity contribution in [3.05, 3.63) is 53.1 Å². The molecule has 1 aliphatic rings. The van der Waals surface area contributed by atoms with Crippen molar-refractivity contribution in [2.45, 2.75) is 27.3 Å². The van der Waals surface area contributed by atoms with Crippen LogP contribution >= 0.6 is 0 Å². The fraction of sp³-hybridized carbons (Fsp3) is 0.391. The van der Waals surface area contributed by atoms with E-state index in [4.69, 9.17) is 9.47 Å².